The smallest absolute Gasteiger partial charge is 0.321 e. The third-order valence-electron chi connectivity index (χ3n) is 2.80. The second-order valence-electron chi connectivity index (χ2n) is 3.86. The third kappa shape index (κ3) is 3.08. The SMILES string of the molecule is COC(=O)C(C)S(=O)CC1CCCC1. The molecular weight excluding hydrogens is 200 g/mol. The largest absolute Gasteiger partial charge is 0.468 e. The normalized spacial score (nSPS) is 21.9. The Morgan fingerprint density at radius 2 is 2.07 bits per heavy atom. The minimum atomic E-state index is -1.06. The number of ether oxygens (including phenoxy) is 1. The summed E-state index contributed by atoms with van der Waals surface area (Å²) in [5.74, 6) is 0.861. The summed E-state index contributed by atoms with van der Waals surface area (Å²) >= 11 is 0. The maximum Gasteiger partial charge on any atom is 0.321 e. The van der Waals surface area contributed by atoms with Crippen LogP contribution in [-0.2, 0) is 20.3 Å². The van der Waals surface area contributed by atoms with Gasteiger partial charge in [0, 0.05) is 16.6 Å². The van der Waals surface area contributed by atoms with Gasteiger partial charge < -0.3 is 4.74 Å². The van der Waals surface area contributed by atoms with Gasteiger partial charge in [-0.25, -0.2) is 0 Å². The average Bonchev–Trinajstić information content (AvgIpc) is 2.68. The van der Waals surface area contributed by atoms with Gasteiger partial charge in [0.2, 0.25) is 0 Å². The molecule has 0 aromatic heterocycles. The number of carbonyl (C=O) groups is 1. The highest BCUT2D eigenvalue weighted by molar-refractivity contribution is 7.86. The quantitative estimate of drug-likeness (QED) is 0.671. The molecule has 0 N–H and O–H groups in total. The summed E-state index contributed by atoms with van der Waals surface area (Å²) in [6, 6.07) is 0. The molecule has 0 aromatic rings. The number of hydrogen-bond donors (Lipinski definition) is 0. The van der Waals surface area contributed by atoms with E-state index in [-0.39, 0.29) is 5.97 Å². The molecule has 2 atom stereocenters. The topological polar surface area (TPSA) is 43.4 Å². The van der Waals surface area contributed by atoms with E-state index in [0.717, 1.165) is 0 Å². The lowest BCUT2D eigenvalue weighted by atomic mass is 10.1. The van der Waals surface area contributed by atoms with Gasteiger partial charge in [-0.15, -0.1) is 0 Å². The highest BCUT2D eigenvalue weighted by Gasteiger charge is 2.25. The molecule has 1 fully saturated rings. The summed E-state index contributed by atoms with van der Waals surface area (Å²) in [4.78, 5) is 11.1. The van der Waals surface area contributed by atoms with Crippen LogP contribution in [0.4, 0.5) is 0 Å². The number of hydrogen-bond acceptors (Lipinski definition) is 3. The van der Waals surface area contributed by atoms with Gasteiger partial charge in [0.15, 0.2) is 0 Å². The lowest BCUT2D eigenvalue weighted by Gasteiger charge is -2.12. The second-order valence-corrected chi connectivity index (χ2v) is 5.67. The van der Waals surface area contributed by atoms with E-state index in [9.17, 15) is 9.00 Å². The predicted molar refractivity (Wildman–Crippen MR) is 56.4 cm³/mol. The fraction of sp³-hybridized carbons (Fsp3) is 0.900. The van der Waals surface area contributed by atoms with Gasteiger partial charge in [-0.3, -0.25) is 9.00 Å². The Hall–Kier alpha value is -0.380. The molecule has 1 saturated carbocycles. The minimum absolute atomic E-state index is 0.360. The average molecular weight is 218 g/mol. The van der Waals surface area contributed by atoms with E-state index in [1.807, 2.05) is 0 Å². The van der Waals surface area contributed by atoms with E-state index in [1.54, 1.807) is 6.92 Å². The van der Waals surface area contributed by atoms with Crippen LogP contribution in [0.25, 0.3) is 0 Å². The number of rotatable bonds is 4. The lowest BCUT2D eigenvalue weighted by Crippen LogP contribution is -2.27. The third-order valence-corrected chi connectivity index (χ3v) is 4.58. The molecule has 1 aliphatic carbocycles. The molecule has 1 rings (SSSR count). The van der Waals surface area contributed by atoms with Gasteiger partial charge in [0.25, 0.3) is 0 Å². The monoisotopic (exact) mass is 218 g/mol. The van der Waals surface area contributed by atoms with Crippen LogP contribution in [0.2, 0.25) is 0 Å². The van der Waals surface area contributed by atoms with Crippen molar-refractivity contribution in [3.8, 4) is 0 Å². The molecule has 0 bridgehead atoms. The Balaban J connectivity index is 2.36. The summed E-state index contributed by atoms with van der Waals surface area (Å²) in [5.41, 5.74) is 0. The highest BCUT2D eigenvalue weighted by atomic mass is 32.2. The van der Waals surface area contributed by atoms with Crippen LogP contribution in [0.15, 0.2) is 0 Å². The first kappa shape index (κ1) is 11.7. The fourth-order valence-electron chi connectivity index (χ4n) is 1.83. The van der Waals surface area contributed by atoms with Crippen molar-refractivity contribution in [2.24, 2.45) is 5.92 Å². The molecule has 2 unspecified atom stereocenters. The first-order valence-electron chi connectivity index (χ1n) is 5.10. The van der Waals surface area contributed by atoms with Crippen LogP contribution in [0.1, 0.15) is 32.6 Å². The van der Waals surface area contributed by atoms with Crippen LogP contribution in [-0.4, -0.2) is 28.3 Å². The highest BCUT2D eigenvalue weighted by Crippen LogP contribution is 2.25. The molecule has 0 aromatic carbocycles. The lowest BCUT2D eigenvalue weighted by molar-refractivity contribution is -0.139. The van der Waals surface area contributed by atoms with Gasteiger partial charge >= 0.3 is 5.97 Å². The summed E-state index contributed by atoms with van der Waals surface area (Å²) < 4.78 is 16.3. The maximum atomic E-state index is 11.7. The van der Waals surface area contributed by atoms with E-state index in [0.29, 0.717) is 11.7 Å². The molecule has 1 aliphatic rings. The number of esters is 1. The molecule has 14 heavy (non-hydrogen) atoms. The molecule has 0 aliphatic heterocycles. The van der Waals surface area contributed by atoms with Crippen LogP contribution in [0.5, 0.6) is 0 Å². The zero-order valence-electron chi connectivity index (χ0n) is 8.82. The Kier molecular flexibility index (Phi) is 4.58. The molecule has 0 radical (unpaired) electrons. The Morgan fingerprint density at radius 3 is 2.57 bits per heavy atom. The molecule has 0 saturated heterocycles. The Labute approximate surface area is 87.7 Å². The van der Waals surface area contributed by atoms with Crippen molar-refractivity contribution in [1.82, 2.24) is 0 Å². The van der Waals surface area contributed by atoms with Crippen molar-refractivity contribution in [2.75, 3.05) is 12.9 Å². The molecule has 0 spiro atoms. The summed E-state index contributed by atoms with van der Waals surface area (Å²) in [6.07, 6.45) is 4.82. The van der Waals surface area contributed by atoms with Crippen molar-refractivity contribution >= 4 is 16.8 Å². The summed E-state index contributed by atoms with van der Waals surface area (Å²) in [7, 11) is 0.280. The number of carbonyl (C=O) groups excluding carboxylic acids is 1. The maximum absolute atomic E-state index is 11.7. The van der Waals surface area contributed by atoms with Crippen LogP contribution >= 0.6 is 0 Å². The van der Waals surface area contributed by atoms with E-state index >= 15 is 0 Å². The molecular formula is C10H18O3S. The Morgan fingerprint density at radius 1 is 1.50 bits per heavy atom. The fourth-order valence-corrected chi connectivity index (χ4v) is 3.22. The van der Waals surface area contributed by atoms with Gasteiger partial charge in [0.05, 0.1) is 7.11 Å². The van der Waals surface area contributed by atoms with Crippen molar-refractivity contribution in [3.63, 3.8) is 0 Å². The van der Waals surface area contributed by atoms with E-state index in [2.05, 4.69) is 4.74 Å². The predicted octanol–water partition coefficient (Wildman–Crippen LogP) is 1.49. The Bertz CT molecular complexity index is 221. The molecule has 82 valence electrons. The first-order valence-corrected chi connectivity index (χ1v) is 6.48. The van der Waals surface area contributed by atoms with E-state index in [1.165, 1.54) is 32.8 Å². The standard InChI is InChI=1S/C10H18O3S/c1-8(10(11)13-2)14(12)7-9-5-3-4-6-9/h8-9H,3-7H2,1-2H3. The van der Waals surface area contributed by atoms with Crippen LogP contribution in [0, 0.1) is 5.92 Å². The van der Waals surface area contributed by atoms with E-state index < -0.39 is 16.0 Å². The zero-order valence-corrected chi connectivity index (χ0v) is 9.64. The minimum Gasteiger partial charge on any atom is -0.468 e. The van der Waals surface area contributed by atoms with Crippen LogP contribution < -0.4 is 0 Å². The summed E-state index contributed by atoms with van der Waals surface area (Å²) in [5, 5.41) is -0.472. The van der Waals surface area contributed by atoms with Crippen molar-refractivity contribution < 1.29 is 13.7 Å². The van der Waals surface area contributed by atoms with Gasteiger partial charge in [-0.05, 0) is 25.7 Å². The van der Waals surface area contributed by atoms with Crippen LogP contribution in [0.3, 0.4) is 0 Å². The van der Waals surface area contributed by atoms with Gasteiger partial charge in [0.1, 0.15) is 5.25 Å². The second kappa shape index (κ2) is 5.49. The van der Waals surface area contributed by atoms with Gasteiger partial charge in [-0.2, -0.15) is 0 Å². The molecule has 4 heteroatoms. The molecule has 3 nitrogen and oxygen atoms in total. The summed E-state index contributed by atoms with van der Waals surface area (Å²) in [6.45, 7) is 1.68. The van der Waals surface area contributed by atoms with Crippen molar-refractivity contribution in [1.29, 1.82) is 0 Å². The van der Waals surface area contributed by atoms with Crippen molar-refractivity contribution in [2.45, 2.75) is 37.9 Å². The zero-order chi connectivity index (χ0) is 10.6. The number of methoxy groups -OCH3 is 1. The van der Waals surface area contributed by atoms with Gasteiger partial charge in [-0.1, -0.05) is 12.8 Å². The van der Waals surface area contributed by atoms with E-state index in [4.69, 9.17) is 0 Å². The van der Waals surface area contributed by atoms with Crippen molar-refractivity contribution in [3.05, 3.63) is 0 Å². The molecule has 0 amide bonds. The first-order chi connectivity index (χ1) is 6.65. The molecule has 0 heterocycles.